The highest BCUT2D eigenvalue weighted by Crippen LogP contribution is 2.29. The van der Waals surface area contributed by atoms with Crippen molar-refractivity contribution in [1.29, 1.82) is 0 Å². The summed E-state index contributed by atoms with van der Waals surface area (Å²) in [7, 11) is 0. The molecule has 0 spiro atoms. The summed E-state index contributed by atoms with van der Waals surface area (Å²) in [5, 5.41) is 7.03. The summed E-state index contributed by atoms with van der Waals surface area (Å²) in [6.45, 7) is 0.681. The highest BCUT2D eigenvalue weighted by molar-refractivity contribution is 7.07. The average molecular weight is 273 g/mol. The summed E-state index contributed by atoms with van der Waals surface area (Å²) >= 11 is 1.66. The van der Waals surface area contributed by atoms with E-state index in [9.17, 15) is 4.79 Å². The Morgan fingerprint density at radius 2 is 2.37 bits per heavy atom. The smallest absolute Gasteiger partial charge is 0.317 e. The number of anilines is 1. The van der Waals surface area contributed by atoms with Crippen molar-refractivity contribution >= 4 is 23.1 Å². The lowest BCUT2D eigenvalue weighted by Crippen LogP contribution is -2.36. The minimum absolute atomic E-state index is 0.0401. The number of nitrogens with zero attached hydrogens (tertiary/aromatic N) is 2. The molecule has 1 fully saturated rings. The molecule has 3 rings (SSSR count). The predicted molar refractivity (Wildman–Crippen MR) is 76.1 cm³/mol. The molecule has 0 unspecified atom stereocenters. The maximum atomic E-state index is 12.3. The van der Waals surface area contributed by atoms with Gasteiger partial charge in [-0.05, 0) is 47.4 Å². The van der Waals surface area contributed by atoms with Gasteiger partial charge in [0.2, 0.25) is 0 Å². The van der Waals surface area contributed by atoms with E-state index in [4.69, 9.17) is 0 Å². The number of thiophene rings is 1. The number of carbonyl (C=O) groups is 1. The largest absolute Gasteiger partial charge is 0.322 e. The third-order valence-electron chi connectivity index (χ3n) is 3.09. The quantitative estimate of drug-likeness (QED) is 0.928. The Hall–Kier alpha value is -1.88. The van der Waals surface area contributed by atoms with Crippen molar-refractivity contribution in [2.45, 2.75) is 25.4 Å². The van der Waals surface area contributed by atoms with Crippen molar-refractivity contribution in [1.82, 2.24) is 9.88 Å². The Balaban J connectivity index is 1.68. The van der Waals surface area contributed by atoms with Crippen LogP contribution >= 0.6 is 11.3 Å². The van der Waals surface area contributed by atoms with Crippen LogP contribution in [0, 0.1) is 0 Å². The van der Waals surface area contributed by atoms with E-state index in [2.05, 4.69) is 21.7 Å². The number of pyridine rings is 1. The molecule has 5 heteroatoms. The number of amides is 2. The minimum Gasteiger partial charge on any atom is -0.317 e. The number of hydrogen-bond acceptors (Lipinski definition) is 3. The van der Waals surface area contributed by atoms with Gasteiger partial charge in [-0.3, -0.25) is 4.98 Å². The molecule has 0 atom stereocenters. The molecule has 1 aliphatic carbocycles. The first kappa shape index (κ1) is 12.2. The van der Waals surface area contributed by atoms with Crippen LogP contribution in [-0.2, 0) is 6.54 Å². The fraction of sp³-hybridized carbons (Fsp3) is 0.286. The number of nitrogens with one attached hydrogen (secondary N) is 1. The van der Waals surface area contributed by atoms with E-state index >= 15 is 0 Å². The van der Waals surface area contributed by atoms with Gasteiger partial charge in [-0.1, -0.05) is 0 Å². The second-order valence-corrected chi connectivity index (χ2v) is 5.44. The molecule has 1 saturated carbocycles. The number of aromatic nitrogens is 1. The van der Waals surface area contributed by atoms with Crippen molar-refractivity contribution in [3.63, 3.8) is 0 Å². The summed E-state index contributed by atoms with van der Waals surface area (Å²) in [5.41, 5.74) is 1.93. The van der Waals surface area contributed by atoms with E-state index in [-0.39, 0.29) is 6.03 Å². The van der Waals surface area contributed by atoms with E-state index in [0.29, 0.717) is 12.6 Å². The van der Waals surface area contributed by atoms with Gasteiger partial charge >= 0.3 is 6.03 Å². The maximum Gasteiger partial charge on any atom is 0.322 e. The van der Waals surface area contributed by atoms with Crippen LogP contribution < -0.4 is 5.32 Å². The van der Waals surface area contributed by atoms with Crippen LogP contribution in [0.3, 0.4) is 0 Å². The molecule has 0 radical (unpaired) electrons. The third kappa shape index (κ3) is 3.12. The van der Waals surface area contributed by atoms with Crippen LogP contribution in [0.1, 0.15) is 18.4 Å². The van der Waals surface area contributed by atoms with Gasteiger partial charge in [0.15, 0.2) is 0 Å². The van der Waals surface area contributed by atoms with E-state index in [1.54, 1.807) is 23.7 Å². The molecule has 2 amide bonds. The molecule has 19 heavy (non-hydrogen) atoms. The molecule has 98 valence electrons. The Bertz CT molecular complexity index is 537. The minimum atomic E-state index is -0.0401. The lowest BCUT2D eigenvalue weighted by atomic mass is 10.3. The van der Waals surface area contributed by atoms with Gasteiger partial charge < -0.3 is 10.2 Å². The first-order valence-electron chi connectivity index (χ1n) is 6.31. The fourth-order valence-electron chi connectivity index (χ4n) is 1.96. The molecular formula is C14H15N3OS. The molecular weight excluding hydrogens is 258 g/mol. The summed E-state index contributed by atoms with van der Waals surface area (Å²) < 4.78 is 0. The van der Waals surface area contributed by atoms with Gasteiger partial charge in [-0.25, -0.2) is 4.79 Å². The lowest BCUT2D eigenvalue weighted by Gasteiger charge is -2.22. The maximum absolute atomic E-state index is 12.3. The Morgan fingerprint density at radius 3 is 3.00 bits per heavy atom. The molecule has 2 heterocycles. The van der Waals surface area contributed by atoms with Crippen molar-refractivity contribution in [2.75, 3.05) is 5.32 Å². The van der Waals surface area contributed by atoms with Crippen molar-refractivity contribution in [3.05, 3.63) is 46.9 Å². The zero-order valence-electron chi connectivity index (χ0n) is 10.5. The Kier molecular flexibility index (Phi) is 3.46. The molecule has 0 saturated heterocycles. The van der Waals surface area contributed by atoms with Gasteiger partial charge in [0.25, 0.3) is 0 Å². The van der Waals surface area contributed by atoms with Gasteiger partial charge in [0.1, 0.15) is 0 Å². The van der Waals surface area contributed by atoms with Gasteiger partial charge in [0.05, 0.1) is 11.9 Å². The van der Waals surface area contributed by atoms with Gasteiger partial charge in [-0.15, -0.1) is 0 Å². The molecule has 0 aromatic carbocycles. The number of hydrogen-bond donors (Lipinski definition) is 1. The monoisotopic (exact) mass is 273 g/mol. The van der Waals surface area contributed by atoms with Crippen molar-refractivity contribution in [3.8, 4) is 0 Å². The number of urea groups is 1. The normalized spacial score (nSPS) is 14.1. The van der Waals surface area contributed by atoms with Crippen molar-refractivity contribution in [2.24, 2.45) is 0 Å². The molecule has 1 N–H and O–H groups in total. The molecule has 2 aromatic rings. The second kappa shape index (κ2) is 5.40. The van der Waals surface area contributed by atoms with Crippen LogP contribution in [0.5, 0.6) is 0 Å². The van der Waals surface area contributed by atoms with Crippen LogP contribution in [-0.4, -0.2) is 22.0 Å². The van der Waals surface area contributed by atoms with Crippen LogP contribution in [0.4, 0.5) is 10.5 Å². The molecule has 0 aliphatic heterocycles. The number of carbonyl (C=O) groups excluding carboxylic acids is 1. The first-order chi connectivity index (χ1) is 9.33. The van der Waals surface area contributed by atoms with Crippen LogP contribution in [0.25, 0.3) is 0 Å². The predicted octanol–water partition coefficient (Wildman–Crippen LogP) is 3.34. The molecule has 0 bridgehead atoms. The highest BCUT2D eigenvalue weighted by Gasteiger charge is 2.32. The standard InChI is InChI=1S/C14H15N3OS/c18-14(16-12-2-1-6-15-8-12)17(13-3-4-13)9-11-5-7-19-10-11/h1-2,5-8,10,13H,3-4,9H2,(H,16,18). The van der Waals surface area contributed by atoms with E-state index in [1.165, 1.54) is 5.56 Å². The summed E-state index contributed by atoms with van der Waals surface area (Å²) in [6.07, 6.45) is 5.56. The topological polar surface area (TPSA) is 45.2 Å². The summed E-state index contributed by atoms with van der Waals surface area (Å²) in [4.78, 5) is 18.2. The Labute approximate surface area is 116 Å². The Morgan fingerprint density at radius 1 is 1.47 bits per heavy atom. The van der Waals surface area contributed by atoms with Crippen LogP contribution in [0.15, 0.2) is 41.4 Å². The summed E-state index contributed by atoms with van der Waals surface area (Å²) in [6, 6.07) is 6.08. The van der Waals surface area contributed by atoms with E-state index in [0.717, 1.165) is 18.5 Å². The molecule has 2 aromatic heterocycles. The van der Waals surface area contributed by atoms with Crippen molar-refractivity contribution < 1.29 is 4.79 Å². The fourth-order valence-corrected chi connectivity index (χ4v) is 2.62. The zero-order chi connectivity index (χ0) is 13.1. The average Bonchev–Trinajstić information content (AvgIpc) is 3.14. The number of rotatable bonds is 4. The zero-order valence-corrected chi connectivity index (χ0v) is 11.3. The SMILES string of the molecule is O=C(Nc1cccnc1)N(Cc1ccsc1)C1CC1. The molecule has 1 aliphatic rings. The van der Waals surface area contributed by atoms with Crippen LogP contribution in [0.2, 0.25) is 0 Å². The molecule has 4 nitrogen and oxygen atoms in total. The second-order valence-electron chi connectivity index (χ2n) is 4.66. The van der Waals surface area contributed by atoms with E-state index < -0.39 is 0 Å². The van der Waals surface area contributed by atoms with Gasteiger partial charge in [-0.2, -0.15) is 11.3 Å². The highest BCUT2D eigenvalue weighted by atomic mass is 32.1. The van der Waals surface area contributed by atoms with E-state index in [1.807, 2.05) is 22.4 Å². The summed E-state index contributed by atoms with van der Waals surface area (Å²) in [5.74, 6) is 0. The lowest BCUT2D eigenvalue weighted by molar-refractivity contribution is 0.206. The first-order valence-corrected chi connectivity index (χ1v) is 7.26. The van der Waals surface area contributed by atoms with Gasteiger partial charge in [0, 0.05) is 18.8 Å². The third-order valence-corrected chi connectivity index (χ3v) is 3.83.